The molecule has 0 saturated carbocycles. The van der Waals surface area contributed by atoms with E-state index in [2.05, 4.69) is 22.3 Å². The maximum absolute atomic E-state index is 13.5. The van der Waals surface area contributed by atoms with Gasteiger partial charge in [-0.25, -0.2) is 0 Å². The number of amides is 1. The van der Waals surface area contributed by atoms with E-state index in [0.717, 1.165) is 48.9 Å². The number of hydrogen-bond donors (Lipinski definition) is 1. The Kier molecular flexibility index (Phi) is 5.07. The fraction of sp³-hybridized carbons (Fsp3) is 0.208. The SMILES string of the molecule is O=C1c2ccccc2NC(c2ccccc2Cl)N1c1ccc(N2CCOCC2)cc1. The summed E-state index contributed by atoms with van der Waals surface area (Å²) in [6.45, 7) is 3.22. The van der Waals surface area contributed by atoms with Crippen molar-refractivity contribution in [1.82, 2.24) is 0 Å². The van der Waals surface area contributed by atoms with E-state index in [1.54, 1.807) is 4.90 Å². The van der Waals surface area contributed by atoms with E-state index in [1.165, 1.54) is 0 Å². The lowest BCUT2D eigenvalue weighted by Gasteiger charge is -2.38. The Balaban J connectivity index is 1.55. The number of fused-ring (bicyclic) bond motifs is 1. The molecule has 152 valence electrons. The number of hydrogen-bond acceptors (Lipinski definition) is 4. The molecular weight excluding hydrogens is 398 g/mol. The average Bonchev–Trinajstić information content (AvgIpc) is 2.80. The number of morpholine rings is 1. The number of anilines is 3. The molecular formula is C24H22ClN3O2. The number of nitrogens with zero attached hydrogens (tertiary/aromatic N) is 2. The normalized spacial score (nSPS) is 18.7. The number of carbonyl (C=O) groups is 1. The second-order valence-corrected chi connectivity index (χ2v) is 7.81. The lowest BCUT2D eigenvalue weighted by molar-refractivity contribution is 0.0975. The van der Waals surface area contributed by atoms with Crippen molar-refractivity contribution >= 4 is 34.6 Å². The smallest absolute Gasteiger partial charge is 0.262 e. The molecule has 5 nitrogen and oxygen atoms in total. The molecule has 0 bridgehead atoms. The number of rotatable bonds is 3. The average molecular weight is 420 g/mol. The highest BCUT2D eigenvalue weighted by Gasteiger charge is 2.34. The van der Waals surface area contributed by atoms with E-state index >= 15 is 0 Å². The molecule has 0 aliphatic carbocycles. The Labute approximate surface area is 180 Å². The van der Waals surface area contributed by atoms with Crippen molar-refractivity contribution < 1.29 is 9.53 Å². The van der Waals surface area contributed by atoms with E-state index in [-0.39, 0.29) is 5.91 Å². The first kappa shape index (κ1) is 19.0. The van der Waals surface area contributed by atoms with Crippen molar-refractivity contribution in [2.24, 2.45) is 0 Å². The minimum absolute atomic E-state index is 0.0478. The van der Waals surface area contributed by atoms with Gasteiger partial charge in [-0.05, 0) is 42.5 Å². The monoisotopic (exact) mass is 419 g/mol. The van der Waals surface area contributed by atoms with Crippen molar-refractivity contribution in [3.8, 4) is 0 Å². The maximum Gasteiger partial charge on any atom is 0.262 e. The van der Waals surface area contributed by atoms with E-state index in [4.69, 9.17) is 16.3 Å². The van der Waals surface area contributed by atoms with Gasteiger partial charge in [-0.1, -0.05) is 41.9 Å². The zero-order valence-corrected chi connectivity index (χ0v) is 17.2. The van der Waals surface area contributed by atoms with E-state index in [0.29, 0.717) is 10.6 Å². The molecule has 0 aromatic heterocycles. The van der Waals surface area contributed by atoms with Crippen LogP contribution in [0.4, 0.5) is 17.1 Å². The van der Waals surface area contributed by atoms with Crippen LogP contribution in [0.1, 0.15) is 22.1 Å². The summed E-state index contributed by atoms with van der Waals surface area (Å²) < 4.78 is 5.45. The van der Waals surface area contributed by atoms with Crippen molar-refractivity contribution in [3.05, 3.63) is 88.9 Å². The molecule has 3 aromatic rings. The van der Waals surface area contributed by atoms with Crippen LogP contribution in [0.25, 0.3) is 0 Å². The highest BCUT2D eigenvalue weighted by Crippen LogP contribution is 2.39. The Morgan fingerprint density at radius 2 is 1.53 bits per heavy atom. The van der Waals surface area contributed by atoms with Gasteiger partial charge in [-0.3, -0.25) is 9.69 Å². The minimum atomic E-state index is -0.393. The summed E-state index contributed by atoms with van der Waals surface area (Å²) in [5.41, 5.74) is 4.28. The molecule has 2 aliphatic rings. The zero-order chi connectivity index (χ0) is 20.5. The number of ether oxygens (including phenoxy) is 1. The number of nitrogens with one attached hydrogen (secondary N) is 1. The maximum atomic E-state index is 13.5. The van der Waals surface area contributed by atoms with Gasteiger partial charge in [0.2, 0.25) is 0 Å². The first-order valence-electron chi connectivity index (χ1n) is 10.1. The molecule has 1 unspecified atom stereocenters. The summed E-state index contributed by atoms with van der Waals surface area (Å²) in [5, 5.41) is 4.13. The van der Waals surface area contributed by atoms with Crippen molar-refractivity contribution in [3.63, 3.8) is 0 Å². The van der Waals surface area contributed by atoms with Crippen molar-refractivity contribution in [2.45, 2.75) is 6.17 Å². The second kappa shape index (κ2) is 8.01. The summed E-state index contributed by atoms with van der Waals surface area (Å²) in [7, 11) is 0. The van der Waals surface area contributed by atoms with Crippen LogP contribution in [0.5, 0.6) is 0 Å². The minimum Gasteiger partial charge on any atom is -0.378 e. The van der Waals surface area contributed by atoms with E-state index < -0.39 is 6.17 Å². The largest absolute Gasteiger partial charge is 0.378 e. The van der Waals surface area contributed by atoms with Crippen LogP contribution < -0.4 is 15.1 Å². The van der Waals surface area contributed by atoms with Gasteiger partial charge in [0.1, 0.15) is 6.17 Å². The predicted molar refractivity (Wildman–Crippen MR) is 121 cm³/mol. The van der Waals surface area contributed by atoms with Crippen LogP contribution in [0.15, 0.2) is 72.8 Å². The van der Waals surface area contributed by atoms with Crippen LogP contribution >= 0.6 is 11.6 Å². The number of halogens is 1. The van der Waals surface area contributed by atoms with Crippen LogP contribution in [-0.4, -0.2) is 32.2 Å². The Bertz CT molecular complexity index is 1060. The molecule has 6 heteroatoms. The fourth-order valence-electron chi connectivity index (χ4n) is 4.08. The molecule has 0 spiro atoms. The van der Waals surface area contributed by atoms with Crippen LogP contribution in [-0.2, 0) is 4.74 Å². The lowest BCUT2D eigenvalue weighted by atomic mass is 10.0. The molecule has 1 atom stereocenters. The van der Waals surface area contributed by atoms with Gasteiger partial charge in [-0.2, -0.15) is 0 Å². The predicted octanol–water partition coefficient (Wildman–Crippen LogP) is 4.95. The van der Waals surface area contributed by atoms with Gasteiger partial charge >= 0.3 is 0 Å². The Morgan fingerprint density at radius 1 is 0.867 bits per heavy atom. The molecule has 1 fully saturated rings. The summed E-state index contributed by atoms with van der Waals surface area (Å²) in [5.74, 6) is -0.0478. The van der Waals surface area contributed by atoms with Crippen LogP contribution in [0.3, 0.4) is 0 Å². The molecule has 1 N–H and O–H groups in total. The summed E-state index contributed by atoms with van der Waals surface area (Å²) >= 11 is 6.52. The molecule has 2 heterocycles. The first-order valence-corrected chi connectivity index (χ1v) is 10.5. The first-order chi connectivity index (χ1) is 14.7. The molecule has 1 saturated heterocycles. The van der Waals surface area contributed by atoms with Crippen molar-refractivity contribution in [2.75, 3.05) is 41.4 Å². The number of para-hydroxylation sites is 1. The van der Waals surface area contributed by atoms with Gasteiger partial charge in [0.25, 0.3) is 5.91 Å². The highest BCUT2D eigenvalue weighted by atomic mass is 35.5. The summed E-state index contributed by atoms with van der Waals surface area (Å²) in [6, 6.07) is 23.4. The molecule has 30 heavy (non-hydrogen) atoms. The van der Waals surface area contributed by atoms with Gasteiger partial charge in [0.15, 0.2) is 0 Å². The molecule has 3 aromatic carbocycles. The molecule has 5 rings (SSSR count). The third-order valence-corrected chi connectivity index (χ3v) is 5.97. The van der Waals surface area contributed by atoms with Crippen molar-refractivity contribution in [1.29, 1.82) is 0 Å². The number of benzene rings is 3. The van der Waals surface area contributed by atoms with Crippen LogP contribution in [0.2, 0.25) is 5.02 Å². The van der Waals surface area contributed by atoms with E-state index in [9.17, 15) is 4.79 Å². The second-order valence-electron chi connectivity index (χ2n) is 7.40. The summed E-state index contributed by atoms with van der Waals surface area (Å²) in [6.07, 6.45) is -0.393. The Morgan fingerprint density at radius 3 is 2.30 bits per heavy atom. The highest BCUT2D eigenvalue weighted by molar-refractivity contribution is 6.31. The zero-order valence-electron chi connectivity index (χ0n) is 16.4. The van der Waals surface area contributed by atoms with Crippen LogP contribution in [0, 0.1) is 0 Å². The molecule has 2 aliphatic heterocycles. The standard InChI is InChI=1S/C24H22ClN3O2/c25-21-7-3-1-5-19(21)23-26-22-8-4-2-6-20(22)24(29)28(23)18-11-9-17(10-12-18)27-13-15-30-16-14-27/h1-12,23,26H,13-16H2. The topological polar surface area (TPSA) is 44.8 Å². The third-order valence-electron chi connectivity index (χ3n) is 5.63. The fourth-order valence-corrected chi connectivity index (χ4v) is 4.32. The lowest BCUT2D eigenvalue weighted by Crippen LogP contribution is -2.43. The van der Waals surface area contributed by atoms with Gasteiger partial charge in [0, 0.05) is 40.7 Å². The third kappa shape index (κ3) is 3.40. The van der Waals surface area contributed by atoms with Gasteiger partial charge < -0.3 is 15.0 Å². The van der Waals surface area contributed by atoms with E-state index in [1.807, 2.05) is 60.7 Å². The summed E-state index contributed by atoms with van der Waals surface area (Å²) in [4.78, 5) is 17.6. The number of carbonyl (C=O) groups excluding carboxylic acids is 1. The molecule has 0 radical (unpaired) electrons. The molecule has 1 amide bonds. The van der Waals surface area contributed by atoms with Gasteiger partial charge in [-0.15, -0.1) is 0 Å². The van der Waals surface area contributed by atoms with Gasteiger partial charge in [0.05, 0.1) is 18.8 Å². The quantitative estimate of drug-likeness (QED) is 0.652. The Hall–Kier alpha value is -3.02.